The van der Waals surface area contributed by atoms with E-state index in [-0.39, 0.29) is 6.04 Å². The van der Waals surface area contributed by atoms with Gasteiger partial charge in [-0.15, -0.1) is 0 Å². The van der Waals surface area contributed by atoms with Gasteiger partial charge in [0.15, 0.2) is 5.82 Å². The molecule has 31 heavy (non-hydrogen) atoms. The molecule has 4 bridgehead atoms. The molecule has 1 N–H and O–H groups in total. The fourth-order valence-corrected chi connectivity index (χ4v) is 3.75. The van der Waals surface area contributed by atoms with Gasteiger partial charge in [0.1, 0.15) is 17.2 Å². The fourth-order valence-electron chi connectivity index (χ4n) is 3.75. The van der Waals surface area contributed by atoms with E-state index >= 15 is 0 Å². The monoisotopic (exact) mass is 416 g/mol. The highest BCUT2D eigenvalue weighted by Crippen LogP contribution is 2.32. The molecule has 0 amide bonds. The Morgan fingerprint density at radius 3 is 2.97 bits per heavy atom. The first-order valence-corrected chi connectivity index (χ1v) is 10.3. The number of aryl methyl sites for hydroxylation is 1. The lowest BCUT2D eigenvalue weighted by Crippen LogP contribution is -2.13. The standard InChI is InChI=1S/C22H24N8O/c1-5-13(2)20-15-11-24-19-10-17(15)30(28-20)14(3)7-9-31-22-16(12-25-29(22)4)21-23-8-6-18(26-19)27-21/h5-6,8,10-12,14H,7,9H2,1-4H3,(H,23,24,26,27)/b13-5+. The van der Waals surface area contributed by atoms with E-state index in [0.717, 1.165) is 34.2 Å². The molecule has 5 rings (SSSR count). The molecule has 0 radical (unpaired) electrons. The summed E-state index contributed by atoms with van der Waals surface area (Å²) < 4.78 is 9.90. The second kappa shape index (κ2) is 7.50. The number of fused-ring (bicyclic) bond motifs is 5. The molecule has 0 saturated carbocycles. The van der Waals surface area contributed by atoms with Gasteiger partial charge in [0.05, 0.1) is 30.1 Å². The van der Waals surface area contributed by atoms with Crippen molar-refractivity contribution in [3.05, 3.63) is 42.5 Å². The van der Waals surface area contributed by atoms with Gasteiger partial charge >= 0.3 is 0 Å². The summed E-state index contributed by atoms with van der Waals surface area (Å²) in [7, 11) is 1.85. The van der Waals surface area contributed by atoms with E-state index in [4.69, 9.17) is 9.84 Å². The third kappa shape index (κ3) is 3.31. The molecule has 1 aliphatic heterocycles. The van der Waals surface area contributed by atoms with Crippen LogP contribution in [0.4, 0.5) is 11.6 Å². The second-order valence-electron chi connectivity index (χ2n) is 7.72. The predicted molar refractivity (Wildman–Crippen MR) is 119 cm³/mol. The molecule has 0 spiro atoms. The molecule has 0 aliphatic carbocycles. The van der Waals surface area contributed by atoms with Crippen molar-refractivity contribution in [2.45, 2.75) is 33.2 Å². The Kier molecular flexibility index (Phi) is 4.65. The Labute approximate surface area is 179 Å². The van der Waals surface area contributed by atoms with E-state index in [9.17, 15) is 0 Å². The lowest BCUT2D eigenvalue weighted by molar-refractivity contribution is 0.260. The maximum atomic E-state index is 6.13. The van der Waals surface area contributed by atoms with Crippen LogP contribution in [0.5, 0.6) is 5.88 Å². The van der Waals surface area contributed by atoms with E-state index in [1.807, 2.05) is 32.3 Å². The van der Waals surface area contributed by atoms with Crippen LogP contribution in [0.1, 0.15) is 38.9 Å². The quantitative estimate of drug-likeness (QED) is 0.498. The summed E-state index contributed by atoms with van der Waals surface area (Å²) in [6.45, 7) is 6.76. The van der Waals surface area contributed by atoms with Crippen LogP contribution in [0.15, 0.2) is 36.8 Å². The molecular formula is C22H24N8O. The van der Waals surface area contributed by atoms with E-state index in [1.165, 1.54) is 0 Å². The minimum atomic E-state index is 0.129. The van der Waals surface area contributed by atoms with E-state index in [0.29, 0.717) is 29.9 Å². The van der Waals surface area contributed by atoms with Crippen LogP contribution in [-0.2, 0) is 7.05 Å². The van der Waals surface area contributed by atoms with Crippen LogP contribution < -0.4 is 10.1 Å². The minimum Gasteiger partial charge on any atom is -0.477 e. The number of allylic oxidation sites excluding steroid dienone is 2. The van der Waals surface area contributed by atoms with Crippen molar-refractivity contribution in [2.75, 3.05) is 11.9 Å². The van der Waals surface area contributed by atoms with Crippen molar-refractivity contribution >= 4 is 28.1 Å². The maximum absolute atomic E-state index is 6.13. The molecule has 0 saturated heterocycles. The molecule has 0 aromatic carbocycles. The molecule has 1 aliphatic rings. The number of ether oxygens (including phenoxy) is 1. The summed E-state index contributed by atoms with van der Waals surface area (Å²) >= 11 is 0. The molecule has 0 fully saturated rings. The van der Waals surface area contributed by atoms with Crippen molar-refractivity contribution < 1.29 is 4.74 Å². The molecule has 5 heterocycles. The first-order chi connectivity index (χ1) is 15.0. The number of pyridine rings is 1. The Morgan fingerprint density at radius 1 is 1.26 bits per heavy atom. The van der Waals surface area contributed by atoms with E-state index in [1.54, 1.807) is 17.1 Å². The molecule has 9 nitrogen and oxygen atoms in total. The molecule has 4 aromatic rings. The lowest BCUT2D eigenvalue weighted by Gasteiger charge is -2.16. The molecule has 1 unspecified atom stereocenters. The van der Waals surface area contributed by atoms with Gasteiger partial charge in [0.2, 0.25) is 5.88 Å². The third-order valence-electron chi connectivity index (χ3n) is 5.63. The molecule has 4 aromatic heterocycles. The van der Waals surface area contributed by atoms with Crippen LogP contribution in [0, 0.1) is 0 Å². The SMILES string of the molecule is C/C=C(\C)c1nn2c3cc(ncc13)Nc1ccnc(n1)-c1cnn(C)c1OCCC2C. The minimum absolute atomic E-state index is 0.129. The van der Waals surface area contributed by atoms with Gasteiger partial charge in [-0.05, 0) is 32.4 Å². The Hall–Kier alpha value is -3.75. The van der Waals surface area contributed by atoms with Crippen molar-refractivity contribution in [3.8, 4) is 17.3 Å². The number of rotatable bonds is 1. The van der Waals surface area contributed by atoms with Crippen LogP contribution in [0.25, 0.3) is 27.9 Å². The summed E-state index contributed by atoms with van der Waals surface area (Å²) in [5, 5.41) is 13.6. The zero-order valence-electron chi connectivity index (χ0n) is 18.0. The number of nitrogens with one attached hydrogen (secondary N) is 1. The maximum Gasteiger partial charge on any atom is 0.222 e. The highest BCUT2D eigenvalue weighted by Gasteiger charge is 2.20. The van der Waals surface area contributed by atoms with Crippen molar-refractivity contribution in [1.82, 2.24) is 34.5 Å². The summed E-state index contributed by atoms with van der Waals surface area (Å²) in [6, 6.07) is 3.97. The molecule has 9 heteroatoms. The Bertz CT molecular complexity index is 1300. The van der Waals surface area contributed by atoms with Crippen LogP contribution in [0.3, 0.4) is 0 Å². The number of anilines is 2. The van der Waals surface area contributed by atoms with Gasteiger partial charge < -0.3 is 10.1 Å². The number of aromatic nitrogens is 7. The average molecular weight is 416 g/mol. The molecular weight excluding hydrogens is 392 g/mol. The van der Waals surface area contributed by atoms with Gasteiger partial charge in [-0.25, -0.2) is 19.6 Å². The van der Waals surface area contributed by atoms with Crippen molar-refractivity contribution in [3.63, 3.8) is 0 Å². The number of hydrogen-bond acceptors (Lipinski definition) is 7. The summed E-state index contributed by atoms with van der Waals surface area (Å²) in [6.07, 6.45) is 8.17. The molecule has 158 valence electrons. The fraction of sp³-hybridized carbons (Fsp3) is 0.318. The van der Waals surface area contributed by atoms with Crippen LogP contribution in [0.2, 0.25) is 0 Å². The van der Waals surface area contributed by atoms with E-state index in [2.05, 4.69) is 50.0 Å². The van der Waals surface area contributed by atoms with Crippen molar-refractivity contribution in [2.24, 2.45) is 7.05 Å². The highest BCUT2D eigenvalue weighted by molar-refractivity contribution is 5.91. The first-order valence-electron chi connectivity index (χ1n) is 10.3. The predicted octanol–water partition coefficient (Wildman–Crippen LogP) is 4.13. The summed E-state index contributed by atoms with van der Waals surface area (Å²) in [5.74, 6) is 2.55. The van der Waals surface area contributed by atoms with Gasteiger partial charge in [0.25, 0.3) is 0 Å². The number of nitrogens with zero attached hydrogens (tertiary/aromatic N) is 7. The van der Waals surface area contributed by atoms with Crippen molar-refractivity contribution in [1.29, 1.82) is 0 Å². The zero-order valence-corrected chi connectivity index (χ0v) is 18.0. The Morgan fingerprint density at radius 2 is 2.13 bits per heavy atom. The highest BCUT2D eigenvalue weighted by atomic mass is 16.5. The van der Waals surface area contributed by atoms with Gasteiger partial charge in [-0.2, -0.15) is 10.2 Å². The summed E-state index contributed by atoms with van der Waals surface area (Å²) in [5.41, 5.74) is 3.85. The van der Waals surface area contributed by atoms with Crippen LogP contribution >= 0.6 is 0 Å². The number of hydrogen-bond donors (Lipinski definition) is 1. The largest absolute Gasteiger partial charge is 0.477 e. The Balaban J connectivity index is 1.67. The van der Waals surface area contributed by atoms with Crippen LogP contribution in [-0.4, -0.2) is 41.1 Å². The third-order valence-corrected chi connectivity index (χ3v) is 5.63. The molecule has 1 atom stereocenters. The summed E-state index contributed by atoms with van der Waals surface area (Å²) in [4.78, 5) is 13.7. The van der Waals surface area contributed by atoms with Gasteiger partial charge in [0, 0.05) is 37.3 Å². The smallest absolute Gasteiger partial charge is 0.222 e. The average Bonchev–Trinajstić information content (AvgIpc) is 3.33. The lowest BCUT2D eigenvalue weighted by atomic mass is 10.1. The second-order valence-corrected chi connectivity index (χ2v) is 7.72. The van der Waals surface area contributed by atoms with E-state index < -0.39 is 0 Å². The normalized spacial score (nSPS) is 16.5. The topological polar surface area (TPSA) is 95.6 Å². The van der Waals surface area contributed by atoms with Gasteiger partial charge in [-0.3, -0.25) is 4.68 Å². The van der Waals surface area contributed by atoms with Gasteiger partial charge in [-0.1, -0.05) is 6.08 Å². The zero-order chi connectivity index (χ0) is 21.5. The first kappa shape index (κ1) is 19.2.